The zero-order chi connectivity index (χ0) is 17.8. The zero-order valence-corrected chi connectivity index (χ0v) is 14.8. The highest BCUT2D eigenvalue weighted by atomic mass is 35.5. The van der Waals surface area contributed by atoms with E-state index in [0.29, 0.717) is 17.1 Å². The second-order valence-corrected chi connectivity index (χ2v) is 6.29. The molecule has 130 valence electrons. The molecule has 0 saturated carbocycles. The van der Waals surface area contributed by atoms with Gasteiger partial charge in [-0.1, -0.05) is 11.6 Å². The van der Waals surface area contributed by atoms with Crippen molar-refractivity contribution in [3.8, 4) is 5.69 Å². The van der Waals surface area contributed by atoms with Gasteiger partial charge in [0.05, 0.1) is 29.8 Å². The summed E-state index contributed by atoms with van der Waals surface area (Å²) in [6, 6.07) is 10.9. The van der Waals surface area contributed by atoms with Gasteiger partial charge in [-0.25, -0.2) is 4.68 Å². The molecule has 0 saturated heterocycles. The molecular formula is C18H19ClN4O2. The lowest BCUT2D eigenvalue weighted by atomic mass is 10.2. The molecule has 0 radical (unpaired) electrons. The largest absolute Gasteiger partial charge is 0.468 e. The molecule has 0 spiro atoms. The van der Waals surface area contributed by atoms with E-state index in [-0.39, 0.29) is 11.9 Å². The molecule has 1 aromatic carbocycles. The number of carbonyl (C=O) groups is 1. The van der Waals surface area contributed by atoms with Gasteiger partial charge in [-0.05, 0) is 50.5 Å². The third-order valence-corrected chi connectivity index (χ3v) is 4.14. The molecule has 1 unspecified atom stereocenters. The highest BCUT2D eigenvalue weighted by molar-refractivity contribution is 6.30. The first-order chi connectivity index (χ1) is 12.0. The SMILES string of the molecule is CN(C)C(CNC(=O)c1cnn(-c2ccc(Cl)cc2)c1)c1ccco1. The van der Waals surface area contributed by atoms with Crippen molar-refractivity contribution in [2.75, 3.05) is 20.6 Å². The van der Waals surface area contributed by atoms with Crippen molar-refractivity contribution in [1.29, 1.82) is 0 Å². The van der Waals surface area contributed by atoms with Crippen molar-refractivity contribution in [1.82, 2.24) is 20.0 Å². The molecule has 0 aliphatic rings. The van der Waals surface area contributed by atoms with Gasteiger partial charge < -0.3 is 9.73 Å². The number of amides is 1. The molecule has 0 fully saturated rings. The number of likely N-dealkylation sites (N-methyl/N-ethyl adjacent to an activating group) is 1. The lowest BCUT2D eigenvalue weighted by Gasteiger charge is -2.22. The molecule has 0 aliphatic carbocycles. The van der Waals surface area contributed by atoms with E-state index in [4.69, 9.17) is 16.0 Å². The van der Waals surface area contributed by atoms with Crippen LogP contribution in [0.25, 0.3) is 5.69 Å². The Morgan fingerprint density at radius 3 is 2.72 bits per heavy atom. The van der Waals surface area contributed by atoms with Crippen LogP contribution in [-0.2, 0) is 0 Å². The Kier molecular flexibility index (Phi) is 5.21. The molecule has 0 aliphatic heterocycles. The molecule has 1 amide bonds. The smallest absolute Gasteiger partial charge is 0.254 e. The van der Waals surface area contributed by atoms with Crippen LogP contribution < -0.4 is 5.32 Å². The topological polar surface area (TPSA) is 63.3 Å². The summed E-state index contributed by atoms with van der Waals surface area (Å²) < 4.78 is 7.09. The predicted molar refractivity (Wildman–Crippen MR) is 96.0 cm³/mol. The summed E-state index contributed by atoms with van der Waals surface area (Å²) in [5.41, 5.74) is 1.33. The first kappa shape index (κ1) is 17.3. The minimum absolute atomic E-state index is 0.0368. The second kappa shape index (κ2) is 7.55. The molecule has 3 rings (SSSR count). The summed E-state index contributed by atoms with van der Waals surface area (Å²) >= 11 is 5.89. The lowest BCUT2D eigenvalue weighted by Crippen LogP contribution is -2.34. The van der Waals surface area contributed by atoms with Crippen LogP contribution in [0.4, 0.5) is 0 Å². The zero-order valence-electron chi connectivity index (χ0n) is 14.0. The number of hydrogen-bond acceptors (Lipinski definition) is 4. The van der Waals surface area contributed by atoms with E-state index < -0.39 is 0 Å². The average molecular weight is 359 g/mol. The predicted octanol–water partition coefficient (Wildman–Crippen LogP) is 3.15. The van der Waals surface area contributed by atoms with E-state index in [0.717, 1.165) is 11.4 Å². The Morgan fingerprint density at radius 2 is 2.08 bits per heavy atom. The molecule has 3 aromatic rings. The number of benzene rings is 1. The number of halogens is 1. The molecule has 2 aromatic heterocycles. The normalized spacial score (nSPS) is 12.3. The van der Waals surface area contributed by atoms with E-state index in [1.807, 2.05) is 43.3 Å². The van der Waals surface area contributed by atoms with E-state index in [9.17, 15) is 4.79 Å². The number of nitrogens with one attached hydrogen (secondary N) is 1. The minimum Gasteiger partial charge on any atom is -0.468 e. The maximum atomic E-state index is 12.4. The number of furan rings is 1. The first-order valence-electron chi connectivity index (χ1n) is 7.83. The van der Waals surface area contributed by atoms with Gasteiger partial charge in [0.1, 0.15) is 5.76 Å². The molecule has 2 heterocycles. The number of rotatable bonds is 6. The molecule has 1 N–H and O–H groups in total. The summed E-state index contributed by atoms with van der Waals surface area (Å²) in [5.74, 6) is 0.626. The fraction of sp³-hybridized carbons (Fsp3) is 0.222. The summed E-state index contributed by atoms with van der Waals surface area (Å²) in [6.07, 6.45) is 4.86. The van der Waals surface area contributed by atoms with Crippen molar-refractivity contribution < 1.29 is 9.21 Å². The fourth-order valence-corrected chi connectivity index (χ4v) is 2.61. The number of carbonyl (C=O) groups excluding carboxylic acids is 1. The Labute approximate surface area is 151 Å². The second-order valence-electron chi connectivity index (χ2n) is 5.85. The van der Waals surface area contributed by atoms with Crippen LogP contribution in [0.5, 0.6) is 0 Å². The standard InChI is InChI=1S/C18H19ClN4O2/c1-22(2)16(17-4-3-9-25-17)11-20-18(24)13-10-21-23(12-13)15-7-5-14(19)6-8-15/h3-10,12,16H,11H2,1-2H3,(H,20,24). The van der Waals surface area contributed by atoms with Gasteiger partial charge >= 0.3 is 0 Å². The van der Waals surface area contributed by atoms with Crippen LogP contribution in [0.15, 0.2) is 59.5 Å². The van der Waals surface area contributed by atoms with Gasteiger partial charge in [0, 0.05) is 17.8 Å². The van der Waals surface area contributed by atoms with Crippen molar-refractivity contribution in [3.63, 3.8) is 0 Å². The van der Waals surface area contributed by atoms with Gasteiger partial charge in [-0.15, -0.1) is 0 Å². The average Bonchev–Trinajstić information content (AvgIpc) is 3.27. The van der Waals surface area contributed by atoms with Crippen LogP contribution >= 0.6 is 11.6 Å². The monoisotopic (exact) mass is 358 g/mol. The maximum Gasteiger partial charge on any atom is 0.254 e. The van der Waals surface area contributed by atoms with Crippen LogP contribution in [0.3, 0.4) is 0 Å². The van der Waals surface area contributed by atoms with Gasteiger partial charge in [0.25, 0.3) is 5.91 Å². The van der Waals surface area contributed by atoms with Crippen molar-refractivity contribution in [2.24, 2.45) is 0 Å². The summed E-state index contributed by atoms with van der Waals surface area (Å²) in [7, 11) is 3.88. The molecule has 6 nitrogen and oxygen atoms in total. The molecule has 7 heteroatoms. The van der Waals surface area contributed by atoms with Crippen LogP contribution in [0.2, 0.25) is 5.02 Å². The van der Waals surface area contributed by atoms with Gasteiger partial charge in [-0.3, -0.25) is 9.69 Å². The molecule has 0 bridgehead atoms. The first-order valence-corrected chi connectivity index (χ1v) is 8.21. The van der Waals surface area contributed by atoms with Crippen LogP contribution in [-0.4, -0.2) is 41.2 Å². The minimum atomic E-state index is -0.182. The number of hydrogen-bond donors (Lipinski definition) is 1. The van der Waals surface area contributed by atoms with Gasteiger partial charge in [-0.2, -0.15) is 5.10 Å². The third kappa shape index (κ3) is 4.10. The van der Waals surface area contributed by atoms with Crippen molar-refractivity contribution >= 4 is 17.5 Å². The van der Waals surface area contributed by atoms with Gasteiger partial charge in [0.2, 0.25) is 0 Å². The van der Waals surface area contributed by atoms with Crippen molar-refractivity contribution in [2.45, 2.75) is 6.04 Å². The fourth-order valence-electron chi connectivity index (χ4n) is 2.49. The summed E-state index contributed by atoms with van der Waals surface area (Å²) in [4.78, 5) is 14.4. The van der Waals surface area contributed by atoms with E-state index >= 15 is 0 Å². The molecule has 25 heavy (non-hydrogen) atoms. The Morgan fingerprint density at radius 1 is 1.32 bits per heavy atom. The van der Waals surface area contributed by atoms with E-state index in [2.05, 4.69) is 10.4 Å². The van der Waals surface area contributed by atoms with Crippen molar-refractivity contribution in [3.05, 3.63) is 71.4 Å². The van der Waals surface area contributed by atoms with Gasteiger partial charge in [0.15, 0.2) is 0 Å². The third-order valence-electron chi connectivity index (χ3n) is 3.89. The quantitative estimate of drug-likeness (QED) is 0.735. The highest BCUT2D eigenvalue weighted by Gasteiger charge is 2.18. The Balaban J connectivity index is 1.66. The van der Waals surface area contributed by atoms with E-state index in [1.54, 1.807) is 35.5 Å². The summed E-state index contributed by atoms with van der Waals surface area (Å²) in [5, 5.41) is 7.81. The highest BCUT2D eigenvalue weighted by Crippen LogP contribution is 2.18. The Hall–Kier alpha value is -2.57. The van der Waals surface area contributed by atoms with E-state index in [1.165, 1.54) is 0 Å². The Bertz CT molecular complexity index is 825. The molecular weight excluding hydrogens is 340 g/mol. The number of nitrogens with zero attached hydrogens (tertiary/aromatic N) is 3. The molecule has 1 atom stereocenters. The van der Waals surface area contributed by atoms with Crippen LogP contribution in [0.1, 0.15) is 22.2 Å². The number of aromatic nitrogens is 2. The maximum absolute atomic E-state index is 12.4. The summed E-state index contributed by atoms with van der Waals surface area (Å²) in [6.45, 7) is 0.436. The van der Waals surface area contributed by atoms with Crippen LogP contribution in [0, 0.1) is 0 Å². The lowest BCUT2D eigenvalue weighted by molar-refractivity contribution is 0.0939.